The van der Waals surface area contributed by atoms with Crippen LogP contribution in [0.3, 0.4) is 0 Å². The summed E-state index contributed by atoms with van der Waals surface area (Å²) in [6.07, 6.45) is 6.35. The Hall–Kier alpha value is -1.06. The van der Waals surface area contributed by atoms with E-state index in [0.29, 0.717) is 11.4 Å². The van der Waals surface area contributed by atoms with Crippen molar-refractivity contribution in [1.82, 2.24) is 5.32 Å². The normalized spacial score (nSPS) is 18.0. The molecular formula is C15H21ClN2O. The molecule has 0 saturated heterocycles. The number of benzene rings is 1. The number of rotatable bonds is 4. The van der Waals surface area contributed by atoms with Gasteiger partial charge in [0.15, 0.2) is 0 Å². The van der Waals surface area contributed by atoms with Gasteiger partial charge < -0.3 is 10.6 Å². The van der Waals surface area contributed by atoms with Gasteiger partial charge >= 0.3 is 0 Å². The van der Waals surface area contributed by atoms with Crippen LogP contribution in [0.5, 0.6) is 0 Å². The minimum Gasteiger partial charge on any atom is -0.326 e. The van der Waals surface area contributed by atoms with Crippen molar-refractivity contribution in [2.45, 2.75) is 44.1 Å². The average molecular weight is 281 g/mol. The van der Waals surface area contributed by atoms with Crippen LogP contribution in [0.2, 0.25) is 5.02 Å². The highest BCUT2D eigenvalue weighted by molar-refractivity contribution is 6.30. The minimum atomic E-state index is -0.0269. The molecule has 0 unspecified atom stereocenters. The summed E-state index contributed by atoms with van der Waals surface area (Å²) in [5.74, 6) is 0.0542. The summed E-state index contributed by atoms with van der Waals surface area (Å²) < 4.78 is 0. The van der Waals surface area contributed by atoms with Gasteiger partial charge in [0.1, 0.15) is 0 Å². The highest BCUT2D eigenvalue weighted by Gasteiger charge is 2.32. The third-order valence-electron chi connectivity index (χ3n) is 3.95. The van der Waals surface area contributed by atoms with E-state index in [4.69, 9.17) is 11.6 Å². The lowest BCUT2D eigenvalue weighted by atomic mass is 9.79. The van der Waals surface area contributed by atoms with Crippen molar-refractivity contribution in [3.05, 3.63) is 29.3 Å². The molecule has 1 amide bonds. The molecule has 0 atom stereocenters. The second-order valence-electron chi connectivity index (χ2n) is 5.33. The fourth-order valence-electron chi connectivity index (χ4n) is 2.82. The fourth-order valence-corrected chi connectivity index (χ4v) is 3.01. The van der Waals surface area contributed by atoms with Crippen molar-refractivity contribution >= 4 is 23.2 Å². The predicted molar refractivity (Wildman–Crippen MR) is 79.6 cm³/mol. The fraction of sp³-hybridized carbons (Fsp3) is 0.533. The summed E-state index contributed by atoms with van der Waals surface area (Å²) in [6.45, 7) is 0. The molecule has 104 valence electrons. The number of hydrogen-bond donors (Lipinski definition) is 2. The molecule has 1 saturated carbocycles. The Morgan fingerprint density at radius 3 is 2.68 bits per heavy atom. The molecule has 2 N–H and O–H groups in total. The molecule has 4 heteroatoms. The number of carbonyl (C=O) groups is 1. The Morgan fingerprint density at radius 2 is 2.05 bits per heavy atom. The maximum Gasteiger partial charge on any atom is 0.226 e. The molecule has 0 spiro atoms. The Labute approximate surface area is 119 Å². The summed E-state index contributed by atoms with van der Waals surface area (Å²) >= 11 is 5.91. The zero-order valence-electron chi connectivity index (χ0n) is 11.3. The molecule has 1 aliphatic carbocycles. The van der Waals surface area contributed by atoms with Gasteiger partial charge in [0, 0.05) is 22.7 Å². The number of anilines is 1. The van der Waals surface area contributed by atoms with E-state index in [9.17, 15) is 4.79 Å². The first-order valence-corrected chi connectivity index (χ1v) is 7.26. The number of nitrogens with one attached hydrogen (secondary N) is 2. The van der Waals surface area contributed by atoms with Crippen LogP contribution in [0.15, 0.2) is 24.3 Å². The van der Waals surface area contributed by atoms with Crippen molar-refractivity contribution in [1.29, 1.82) is 0 Å². The van der Waals surface area contributed by atoms with Crippen LogP contribution in [-0.4, -0.2) is 18.5 Å². The number of amides is 1. The molecule has 0 heterocycles. The van der Waals surface area contributed by atoms with Crippen LogP contribution < -0.4 is 10.6 Å². The summed E-state index contributed by atoms with van der Waals surface area (Å²) in [7, 11) is 1.96. The quantitative estimate of drug-likeness (QED) is 0.885. The van der Waals surface area contributed by atoms with Gasteiger partial charge in [-0.1, -0.05) is 36.9 Å². The number of carbonyl (C=O) groups excluding carboxylic acids is 1. The van der Waals surface area contributed by atoms with Gasteiger partial charge in [-0.2, -0.15) is 0 Å². The van der Waals surface area contributed by atoms with Gasteiger partial charge in [0.05, 0.1) is 0 Å². The SMILES string of the molecule is CNC1(CC(=O)Nc2cccc(Cl)c2)CCCCC1. The second-order valence-corrected chi connectivity index (χ2v) is 5.76. The lowest BCUT2D eigenvalue weighted by Crippen LogP contribution is -2.47. The van der Waals surface area contributed by atoms with Crippen molar-refractivity contribution in [2.24, 2.45) is 0 Å². The van der Waals surface area contributed by atoms with Gasteiger partial charge in [-0.15, -0.1) is 0 Å². The van der Waals surface area contributed by atoms with E-state index in [1.165, 1.54) is 19.3 Å². The van der Waals surface area contributed by atoms with Crippen molar-refractivity contribution in [3.63, 3.8) is 0 Å². The maximum absolute atomic E-state index is 12.2. The average Bonchev–Trinajstić information content (AvgIpc) is 2.39. The highest BCUT2D eigenvalue weighted by atomic mass is 35.5. The van der Waals surface area contributed by atoms with Crippen LogP contribution >= 0.6 is 11.6 Å². The molecule has 1 aliphatic rings. The molecule has 19 heavy (non-hydrogen) atoms. The smallest absolute Gasteiger partial charge is 0.226 e. The van der Waals surface area contributed by atoms with E-state index in [2.05, 4.69) is 10.6 Å². The van der Waals surface area contributed by atoms with Crippen LogP contribution in [0, 0.1) is 0 Å². The van der Waals surface area contributed by atoms with Crippen molar-refractivity contribution < 1.29 is 4.79 Å². The first-order valence-electron chi connectivity index (χ1n) is 6.88. The molecule has 2 rings (SSSR count). The molecule has 0 aliphatic heterocycles. The monoisotopic (exact) mass is 280 g/mol. The molecule has 1 fully saturated rings. The number of hydrogen-bond acceptors (Lipinski definition) is 2. The van der Waals surface area contributed by atoms with E-state index >= 15 is 0 Å². The molecule has 0 aromatic heterocycles. The zero-order valence-corrected chi connectivity index (χ0v) is 12.1. The highest BCUT2D eigenvalue weighted by Crippen LogP contribution is 2.31. The van der Waals surface area contributed by atoms with E-state index in [-0.39, 0.29) is 11.4 Å². The van der Waals surface area contributed by atoms with Crippen molar-refractivity contribution in [2.75, 3.05) is 12.4 Å². The van der Waals surface area contributed by atoms with Gasteiger partial charge in [0.25, 0.3) is 0 Å². The standard InChI is InChI=1S/C15H21ClN2O/c1-17-15(8-3-2-4-9-15)11-14(19)18-13-7-5-6-12(16)10-13/h5-7,10,17H,2-4,8-9,11H2,1H3,(H,18,19). The first kappa shape index (κ1) is 14.4. The molecule has 0 bridgehead atoms. The summed E-state index contributed by atoms with van der Waals surface area (Å²) in [4.78, 5) is 12.2. The minimum absolute atomic E-state index is 0.0269. The van der Waals surface area contributed by atoms with E-state index in [1.54, 1.807) is 12.1 Å². The Bertz CT molecular complexity index is 442. The number of halogens is 1. The van der Waals surface area contributed by atoms with Crippen LogP contribution in [0.1, 0.15) is 38.5 Å². The van der Waals surface area contributed by atoms with Crippen LogP contribution in [0.25, 0.3) is 0 Å². The third kappa shape index (κ3) is 3.95. The second kappa shape index (κ2) is 6.40. The third-order valence-corrected chi connectivity index (χ3v) is 4.18. The van der Waals surface area contributed by atoms with Gasteiger partial charge in [0.2, 0.25) is 5.91 Å². The Balaban J connectivity index is 1.96. The molecule has 1 aromatic rings. The van der Waals surface area contributed by atoms with E-state index < -0.39 is 0 Å². The summed E-state index contributed by atoms with van der Waals surface area (Å²) in [6, 6.07) is 7.27. The lowest BCUT2D eigenvalue weighted by molar-refractivity contribution is -0.117. The zero-order chi connectivity index (χ0) is 13.7. The van der Waals surface area contributed by atoms with E-state index in [0.717, 1.165) is 18.5 Å². The lowest BCUT2D eigenvalue weighted by Gasteiger charge is -2.36. The summed E-state index contributed by atoms with van der Waals surface area (Å²) in [5.41, 5.74) is 0.737. The molecular weight excluding hydrogens is 260 g/mol. The molecule has 1 aromatic carbocycles. The van der Waals surface area contributed by atoms with Gasteiger partial charge in [-0.25, -0.2) is 0 Å². The molecule has 0 radical (unpaired) electrons. The van der Waals surface area contributed by atoms with Crippen LogP contribution in [0.4, 0.5) is 5.69 Å². The van der Waals surface area contributed by atoms with E-state index in [1.807, 2.05) is 19.2 Å². The maximum atomic E-state index is 12.2. The molecule has 3 nitrogen and oxygen atoms in total. The topological polar surface area (TPSA) is 41.1 Å². The van der Waals surface area contributed by atoms with Gasteiger partial charge in [-0.05, 0) is 38.1 Å². The van der Waals surface area contributed by atoms with Crippen LogP contribution in [-0.2, 0) is 4.79 Å². The Kier molecular flexibility index (Phi) is 4.83. The first-order chi connectivity index (χ1) is 9.13. The van der Waals surface area contributed by atoms with Crippen molar-refractivity contribution in [3.8, 4) is 0 Å². The summed E-state index contributed by atoms with van der Waals surface area (Å²) in [5, 5.41) is 6.92. The van der Waals surface area contributed by atoms with Gasteiger partial charge in [-0.3, -0.25) is 4.79 Å². The largest absolute Gasteiger partial charge is 0.326 e. The Morgan fingerprint density at radius 1 is 1.32 bits per heavy atom. The predicted octanol–water partition coefficient (Wildman–Crippen LogP) is 3.59.